The molecule has 6 heteroatoms. The molecule has 1 fully saturated rings. The van der Waals surface area contributed by atoms with Gasteiger partial charge in [-0.25, -0.2) is 4.21 Å². The van der Waals surface area contributed by atoms with Crippen molar-refractivity contribution < 1.29 is 9.00 Å². The Morgan fingerprint density at radius 3 is 2.30 bits per heavy atom. The molecular formula is C17H19N3O2S. The van der Waals surface area contributed by atoms with E-state index in [2.05, 4.69) is 14.9 Å². The number of hydrogen-bond acceptors (Lipinski definition) is 4. The number of carbonyl (C=O) groups excluding carboxylic acids is 1. The second kappa shape index (κ2) is 7.39. The molecule has 0 saturated carbocycles. The number of nitrogens with zero attached hydrogens (tertiary/aromatic N) is 1. The van der Waals surface area contributed by atoms with E-state index in [0.29, 0.717) is 10.5 Å². The third-order valence-electron chi connectivity index (χ3n) is 3.75. The van der Waals surface area contributed by atoms with Crippen molar-refractivity contribution in [3.63, 3.8) is 0 Å². The van der Waals surface area contributed by atoms with Crippen LogP contribution in [-0.2, 0) is 11.0 Å². The Hall–Kier alpha value is -2.18. The van der Waals surface area contributed by atoms with Crippen molar-refractivity contribution >= 4 is 22.6 Å². The zero-order valence-electron chi connectivity index (χ0n) is 12.7. The average molecular weight is 329 g/mol. The van der Waals surface area contributed by atoms with Gasteiger partial charge in [-0.2, -0.15) is 0 Å². The minimum Gasteiger partial charge on any atom is -0.369 e. The summed E-state index contributed by atoms with van der Waals surface area (Å²) in [6, 6.07) is 16.3. The molecule has 1 heterocycles. The molecule has 1 aliphatic rings. The smallest absolute Gasteiger partial charge is 0.263 e. The lowest BCUT2D eigenvalue weighted by atomic mass is 10.2. The maximum Gasteiger partial charge on any atom is 0.263 e. The maximum absolute atomic E-state index is 12.2. The number of benzene rings is 2. The van der Waals surface area contributed by atoms with Crippen LogP contribution in [0, 0.1) is 0 Å². The van der Waals surface area contributed by atoms with E-state index in [1.165, 1.54) is 0 Å². The molecule has 23 heavy (non-hydrogen) atoms. The summed E-state index contributed by atoms with van der Waals surface area (Å²) in [6.07, 6.45) is 0. The SMILES string of the molecule is O=C(NS(=O)c1ccccc1)c1ccc(N2CCNCC2)cc1. The summed E-state index contributed by atoms with van der Waals surface area (Å²) in [5, 5.41) is 3.31. The van der Waals surface area contributed by atoms with Crippen molar-refractivity contribution in [2.24, 2.45) is 0 Å². The highest BCUT2D eigenvalue weighted by Crippen LogP contribution is 2.16. The van der Waals surface area contributed by atoms with Crippen molar-refractivity contribution in [1.29, 1.82) is 0 Å². The van der Waals surface area contributed by atoms with Gasteiger partial charge in [-0.3, -0.25) is 9.52 Å². The standard InChI is InChI=1S/C17H19N3O2S/c21-17(19-23(22)16-4-2-1-3-5-16)14-6-8-15(9-7-14)20-12-10-18-11-13-20/h1-9,18H,10-13H2,(H,19,21). The van der Waals surface area contributed by atoms with Gasteiger partial charge in [0.05, 0.1) is 4.90 Å². The number of carbonyl (C=O) groups is 1. The summed E-state index contributed by atoms with van der Waals surface area (Å²) >= 11 is 0. The van der Waals surface area contributed by atoms with Crippen LogP contribution < -0.4 is 14.9 Å². The predicted molar refractivity (Wildman–Crippen MR) is 91.8 cm³/mol. The predicted octanol–water partition coefficient (Wildman–Crippen LogP) is 1.55. The lowest BCUT2D eigenvalue weighted by Gasteiger charge is -2.29. The second-order valence-corrected chi connectivity index (χ2v) is 6.51. The lowest BCUT2D eigenvalue weighted by molar-refractivity contribution is 0.0983. The number of anilines is 1. The monoisotopic (exact) mass is 329 g/mol. The molecule has 2 aromatic rings. The molecule has 1 saturated heterocycles. The molecule has 1 aliphatic heterocycles. The first-order valence-electron chi connectivity index (χ1n) is 7.57. The fourth-order valence-corrected chi connectivity index (χ4v) is 3.30. The fraction of sp³-hybridized carbons (Fsp3) is 0.235. The highest BCUT2D eigenvalue weighted by atomic mass is 32.2. The number of amides is 1. The van der Waals surface area contributed by atoms with E-state index in [4.69, 9.17) is 0 Å². The number of nitrogens with one attached hydrogen (secondary N) is 2. The Morgan fingerprint density at radius 2 is 1.65 bits per heavy atom. The molecule has 1 unspecified atom stereocenters. The van der Waals surface area contributed by atoms with Crippen LogP contribution in [-0.4, -0.2) is 36.3 Å². The number of hydrogen-bond donors (Lipinski definition) is 2. The second-order valence-electron chi connectivity index (χ2n) is 5.30. The Labute approximate surface area is 138 Å². The summed E-state index contributed by atoms with van der Waals surface area (Å²) in [5.41, 5.74) is 1.61. The summed E-state index contributed by atoms with van der Waals surface area (Å²) in [7, 11) is -1.54. The number of rotatable bonds is 4. The van der Waals surface area contributed by atoms with Crippen LogP contribution in [0.15, 0.2) is 59.5 Å². The third-order valence-corrected chi connectivity index (χ3v) is 4.83. The minimum atomic E-state index is -1.54. The van der Waals surface area contributed by atoms with E-state index >= 15 is 0 Å². The van der Waals surface area contributed by atoms with Crippen LogP contribution in [0.1, 0.15) is 10.4 Å². The first-order chi connectivity index (χ1) is 11.2. The maximum atomic E-state index is 12.2. The average Bonchev–Trinajstić information content (AvgIpc) is 2.63. The molecule has 3 rings (SSSR count). The normalized spacial score (nSPS) is 15.9. The largest absolute Gasteiger partial charge is 0.369 e. The molecule has 0 spiro atoms. The molecule has 1 amide bonds. The Morgan fingerprint density at radius 1 is 1.00 bits per heavy atom. The van der Waals surface area contributed by atoms with E-state index in [1.54, 1.807) is 36.4 Å². The van der Waals surface area contributed by atoms with Crippen LogP contribution in [0.5, 0.6) is 0 Å². The Bertz CT molecular complexity index is 683. The first kappa shape index (κ1) is 15.7. The molecular weight excluding hydrogens is 310 g/mol. The van der Waals surface area contributed by atoms with Crippen molar-refractivity contribution in [2.75, 3.05) is 31.1 Å². The highest BCUT2D eigenvalue weighted by molar-refractivity contribution is 7.83. The Kier molecular flexibility index (Phi) is 5.05. The van der Waals surface area contributed by atoms with Crippen LogP contribution in [0.2, 0.25) is 0 Å². The highest BCUT2D eigenvalue weighted by Gasteiger charge is 2.13. The van der Waals surface area contributed by atoms with Gasteiger partial charge in [0, 0.05) is 37.4 Å². The molecule has 2 N–H and O–H groups in total. The van der Waals surface area contributed by atoms with Gasteiger partial charge in [0.25, 0.3) is 5.91 Å². The van der Waals surface area contributed by atoms with Gasteiger partial charge in [-0.1, -0.05) is 18.2 Å². The fourth-order valence-electron chi connectivity index (χ4n) is 2.49. The molecule has 0 radical (unpaired) electrons. The topological polar surface area (TPSA) is 61.4 Å². The van der Waals surface area contributed by atoms with E-state index in [0.717, 1.165) is 31.9 Å². The van der Waals surface area contributed by atoms with Gasteiger partial charge in [-0.05, 0) is 36.4 Å². The van der Waals surface area contributed by atoms with Gasteiger partial charge in [0.1, 0.15) is 0 Å². The van der Waals surface area contributed by atoms with Crippen LogP contribution in [0.25, 0.3) is 0 Å². The molecule has 1 atom stereocenters. The zero-order valence-corrected chi connectivity index (χ0v) is 13.5. The van der Waals surface area contributed by atoms with E-state index in [-0.39, 0.29) is 5.91 Å². The van der Waals surface area contributed by atoms with Crippen molar-refractivity contribution in [2.45, 2.75) is 4.90 Å². The minimum absolute atomic E-state index is 0.334. The Balaban J connectivity index is 1.64. The number of piperazine rings is 1. The molecule has 5 nitrogen and oxygen atoms in total. The zero-order chi connectivity index (χ0) is 16.1. The quantitative estimate of drug-likeness (QED) is 0.893. The lowest BCUT2D eigenvalue weighted by Crippen LogP contribution is -2.43. The summed E-state index contributed by atoms with van der Waals surface area (Å²) < 4.78 is 14.6. The van der Waals surface area contributed by atoms with Crippen molar-refractivity contribution in [3.8, 4) is 0 Å². The molecule has 0 aromatic heterocycles. The van der Waals surface area contributed by atoms with Gasteiger partial charge in [0.15, 0.2) is 11.0 Å². The van der Waals surface area contributed by atoms with Gasteiger partial charge in [0.2, 0.25) is 0 Å². The third kappa shape index (κ3) is 3.97. The molecule has 0 bridgehead atoms. The van der Waals surface area contributed by atoms with Crippen LogP contribution in [0.4, 0.5) is 5.69 Å². The van der Waals surface area contributed by atoms with E-state index in [1.807, 2.05) is 18.2 Å². The molecule has 0 aliphatic carbocycles. The van der Waals surface area contributed by atoms with Crippen LogP contribution in [0.3, 0.4) is 0 Å². The molecule has 120 valence electrons. The van der Waals surface area contributed by atoms with Gasteiger partial charge >= 0.3 is 0 Å². The summed E-state index contributed by atoms with van der Waals surface area (Å²) in [6.45, 7) is 3.86. The summed E-state index contributed by atoms with van der Waals surface area (Å²) in [5.74, 6) is -0.334. The van der Waals surface area contributed by atoms with Crippen molar-refractivity contribution in [3.05, 3.63) is 60.2 Å². The van der Waals surface area contributed by atoms with Gasteiger partial charge in [-0.15, -0.1) is 0 Å². The van der Waals surface area contributed by atoms with E-state index in [9.17, 15) is 9.00 Å². The van der Waals surface area contributed by atoms with Crippen LogP contribution >= 0.6 is 0 Å². The van der Waals surface area contributed by atoms with E-state index < -0.39 is 11.0 Å². The first-order valence-corrected chi connectivity index (χ1v) is 8.72. The van der Waals surface area contributed by atoms with Gasteiger partial charge < -0.3 is 10.2 Å². The van der Waals surface area contributed by atoms with Crippen molar-refractivity contribution in [1.82, 2.24) is 10.0 Å². The summed E-state index contributed by atoms with van der Waals surface area (Å²) in [4.78, 5) is 15.0. The molecule has 2 aromatic carbocycles.